The maximum atomic E-state index is 10.0. The predicted octanol–water partition coefficient (Wildman–Crippen LogP) is 3.28. The lowest BCUT2D eigenvalue weighted by atomic mass is 9.88. The van der Waals surface area contributed by atoms with Crippen LogP contribution in [-0.2, 0) is 0 Å². The van der Waals surface area contributed by atoms with Gasteiger partial charge in [0, 0.05) is 0 Å². The lowest BCUT2D eigenvalue weighted by Gasteiger charge is -2.26. The summed E-state index contributed by atoms with van der Waals surface area (Å²) in [6.07, 6.45) is 6.18. The summed E-state index contributed by atoms with van der Waals surface area (Å²) in [4.78, 5) is 0. The number of hydrogen-bond acceptors (Lipinski definition) is 2. The summed E-state index contributed by atoms with van der Waals surface area (Å²) in [7, 11) is 0. The molecule has 0 spiro atoms. The van der Waals surface area contributed by atoms with Crippen LogP contribution in [0.4, 0.5) is 0 Å². The first-order chi connectivity index (χ1) is 5.18. The molecule has 2 heteroatoms. The van der Waals surface area contributed by atoms with E-state index in [1.54, 1.807) is 0 Å². The van der Waals surface area contributed by atoms with Crippen molar-refractivity contribution >= 4 is 0 Å². The molecule has 0 aromatic carbocycles. The quantitative estimate of drug-likeness (QED) is 0.651. The van der Waals surface area contributed by atoms with Gasteiger partial charge in [-0.1, -0.05) is 40.0 Å². The Morgan fingerprint density at radius 3 is 1.25 bits per heavy atom. The molecule has 0 aliphatic rings. The van der Waals surface area contributed by atoms with Gasteiger partial charge in [-0.25, -0.2) is 0 Å². The second-order valence-corrected chi connectivity index (χ2v) is 3.47. The van der Waals surface area contributed by atoms with Crippen molar-refractivity contribution in [1.29, 1.82) is 0 Å². The maximum Gasteiger partial charge on any atom is 0.0647 e. The van der Waals surface area contributed by atoms with Gasteiger partial charge < -0.3 is 11.3 Å². The molecule has 12 heavy (non-hydrogen) atoms. The minimum Gasteiger partial charge on any atom is -0.390 e. The summed E-state index contributed by atoms with van der Waals surface area (Å²) in [6.45, 7) is 6.41. The van der Waals surface area contributed by atoms with Crippen LogP contribution in [0.15, 0.2) is 0 Å². The van der Waals surface area contributed by atoms with E-state index in [9.17, 15) is 5.11 Å². The molecular formula is C10H25NO. The van der Waals surface area contributed by atoms with Crippen LogP contribution in [0.1, 0.15) is 59.3 Å². The van der Waals surface area contributed by atoms with Crippen molar-refractivity contribution < 1.29 is 5.11 Å². The van der Waals surface area contributed by atoms with Crippen molar-refractivity contribution in [3.63, 3.8) is 0 Å². The molecule has 2 nitrogen and oxygen atoms in total. The molecule has 0 atom stereocenters. The van der Waals surface area contributed by atoms with E-state index in [1.165, 1.54) is 0 Å². The minimum atomic E-state index is -0.349. The van der Waals surface area contributed by atoms with Crippen LogP contribution in [0.5, 0.6) is 0 Å². The van der Waals surface area contributed by atoms with Crippen molar-refractivity contribution in [2.24, 2.45) is 0 Å². The average Bonchev–Trinajstić information content (AvgIpc) is 1.88. The molecule has 0 aromatic heterocycles. The van der Waals surface area contributed by atoms with E-state index in [1.807, 2.05) is 0 Å². The van der Waals surface area contributed by atoms with E-state index in [0.717, 1.165) is 38.5 Å². The second-order valence-electron chi connectivity index (χ2n) is 3.47. The summed E-state index contributed by atoms with van der Waals surface area (Å²) in [5.74, 6) is 0. The first kappa shape index (κ1) is 14.4. The molecule has 0 amide bonds. The van der Waals surface area contributed by atoms with Gasteiger partial charge in [0.2, 0.25) is 0 Å². The largest absolute Gasteiger partial charge is 0.390 e. The summed E-state index contributed by atoms with van der Waals surface area (Å²) < 4.78 is 0. The minimum absolute atomic E-state index is 0. The third kappa shape index (κ3) is 5.56. The van der Waals surface area contributed by atoms with E-state index in [-0.39, 0.29) is 11.8 Å². The van der Waals surface area contributed by atoms with Gasteiger partial charge in [0.15, 0.2) is 0 Å². The Hall–Kier alpha value is -0.0800. The topological polar surface area (TPSA) is 55.2 Å². The van der Waals surface area contributed by atoms with Gasteiger partial charge in [0.25, 0.3) is 0 Å². The SMILES string of the molecule is CCCC(O)(CCC)CCC.N. The fraction of sp³-hybridized carbons (Fsp3) is 1.00. The van der Waals surface area contributed by atoms with Crippen LogP contribution in [0.2, 0.25) is 0 Å². The van der Waals surface area contributed by atoms with Gasteiger partial charge >= 0.3 is 0 Å². The Morgan fingerprint density at radius 1 is 0.833 bits per heavy atom. The monoisotopic (exact) mass is 175 g/mol. The second kappa shape index (κ2) is 7.56. The van der Waals surface area contributed by atoms with Crippen LogP contribution < -0.4 is 6.15 Å². The number of aliphatic hydroxyl groups is 1. The zero-order valence-electron chi connectivity index (χ0n) is 8.90. The van der Waals surface area contributed by atoms with Crippen molar-refractivity contribution in [1.82, 2.24) is 6.15 Å². The molecule has 0 saturated carbocycles. The third-order valence-corrected chi connectivity index (χ3v) is 2.15. The van der Waals surface area contributed by atoms with Gasteiger partial charge in [0.1, 0.15) is 0 Å². The molecule has 0 aromatic rings. The average molecular weight is 175 g/mol. The highest BCUT2D eigenvalue weighted by Crippen LogP contribution is 2.24. The highest BCUT2D eigenvalue weighted by molar-refractivity contribution is 4.76. The Labute approximate surface area is 77.0 Å². The first-order valence-electron chi connectivity index (χ1n) is 4.91. The Bertz CT molecular complexity index is 76.8. The van der Waals surface area contributed by atoms with E-state index in [0.29, 0.717) is 0 Å². The van der Waals surface area contributed by atoms with Gasteiger partial charge in [-0.05, 0) is 19.3 Å². The van der Waals surface area contributed by atoms with Crippen molar-refractivity contribution in [2.45, 2.75) is 64.9 Å². The summed E-state index contributed by atoms with van der Waals surface area (Å²) in [6, 6.07) is 0. The molecule has 0 aliphatic heterocycles. The molecule has 0 rings (SSSR count). The van der Waals surface area contributed by atoms with Crippen molar-refractivity contribution in [3.8, 4) is 0 Å². The number of hydrogen-bond donors (Lipinski definition) is 2. The molecule has 0 aliphatic carbocycles. The lowest BCUT2D eigenvalue weighted by molar-refractivity contribution is 0.0123. The smallest absolute Gasteiger partial charge is 0.0647 e. The normalized spacial score (nSPS) is 11.0. The van der Waals surface area contributed by atoms with E-state index >= 15 is 0 Å². The molecule has 4 N–H and O–H groups in total. The zero-order chi connectivity index (χ0) is 8.74. The molecule has 0 bridgehead atoms. The van der Waals surface area contributed by atoms with Gasteiger partial charge in [-0.3, -0.25) is 0 Å². The summed E-state index contributed by atoms with van der Waals surface area (Å²) in [5.41, 5.74) is -0.349. The van der Waals surface area contributed by atoms with Crippen molar-refractivity contribution in [2.75, 3.05) is 0 Å². The van der Waals surface area contributed by atoms with Crippen molar-refractivity contribution in [3.05, 3.63) is 0 Å². The summed E-state index contributed by atoms with van der Waals surface area (Å²) >= 11 is 0. The van der Waals surface area contributed by atoms with Crippen LogP contribution in [0, 0.1) is 0 Å². The lowest BCUT2D eigenvalue weighted by Crippen LogP contribution is -2.27. The predicted molar refractivity (Wildman–Crippen MR) is 54.7 cm³/mol. The molecule has 0 radical (unpaired) electrons. The zero-order valence-corrected chi connectivity index (χ0v) is 8.90. The van der Waals surface area contributed by atoms with Crippen LogP contribution in [-0.4, -0.2) is 10.7 Å². The van der Waals surface area contributed by atoms with E-state index < -0.39 is 0 Å². The highest BCUT2D eigenvalue weighted by Gasteiger charge is 2.22. The standard InChI is InChI=1S/C10H22O.H3N/c1-4-7-10(11,8-5-2)9-6-3;/h11H,4-9H2,1-3H3;1H3. The van der Waals surface area contributed by atoms with Crippen LogP contribution in [0.3, 0.4) is 0 Å². The maximum absolute atomic E-state index is 10.0. The fourth-order valence-corrected chi connectivity index (χ4v) is 1.77. The Morgan fingerprint density at radius 2 is 1.08 bits per heavy atom. The van der Waals surface area contributed by atoms with Crippen LogP contribution >= 0.6 is 0 Å². The highest BCUT2D eigenvalue weighted by atomic mass is 16.3. The fourth-order valence-electron chi connectivity index (χ4n) is 1.77. The van der Waals surface area contributed by atoms with Gasteiger partial charge in [0.05, 0.1) is 5.60 Å². The van der Waals surface area contributed by atoms with E-state index in [2.05, 4.69) is 20.8 Å². The van der Waals surface area contributed by atoms with Crippen LogP contribution in [0.25, 0.3) is 0 Å². The Kier molecular flexibility index (Phi) is 9.10. The molecule has 76 valence electrons. The van der Waals surface area contributed by atoms with Gasteiger partial charge in [-0.2, -0.15) is 0 Å². The van der Waals surface area contributed by atoms with Gasteiger partial charge in [-0.15, -0.1) is 0 Å². The number of rotatable bonds is 6. The molecule has 0 unspecified atom stereocenters. The van der Waals surface area contributed by atoms with E-state index in [4.69, 9.17) is 0 Å². The molecular weight excluding hydrogens is 150 g/mol. The third-order valence-electron chi connectivity index (χ3n) is 2.15. The Balaban J connectivity index is 0. The first-order valence-corrected chi connectivity index (χ1v) is 4.91. The summed E-state index contributed by atoms with van der Waals surface area (Å²) in [5, 5.41) is 10.0. The molecule has 0 heterocycles. The molecule has 0 fully saturated rings. The molecule has 0 saturated heterocycles.